The zero-order valence-corrected chi connectivity index (χ0v) is 13.2. The molecule has 1 amide bonds. The minimum absolute atomic E-state index is 0.00859. The van der Waals surface area contributed by atoms with Crippen molar-refractivity contribution in [2.24, 2.45) is 0 Å². The first-order valence-electron chi connectivity index (χ1n) is 6.97. The number of hydrogen-bond acceptors (Lipinski definition) is 6. The van der Waals surface area contributed by atoms with Gasteiger partial charge >= 0.3 is 12.6 Å². The maximum atomic E-state index is 12.1. The summed E-state index contributed by atoms with van der Waals surface area (Å²) in [5.41, 5.74) is -0.0515. The van der Waals surface area contributed by atoms with E-state index in [2.05, 4.69) is 10.1 Å². The number of sulfone groups is 1. The molecule has 1 aromatic carbocycles. The van der Waals surface area contributed by atoms with E-state index in [9.17, 15) is 26.8 Å². The molecule has 0 spiro atoms. The average molecular weight is 363 g/mol. The normalized spacial score (nSPS) is 19.0. The van der Waals surface area contributed by atoms with Crippen LogP contribution >= 0.6 is 0 Å². The number of alkyl halides is 2. The molecule has 0 aromatic heterocycles. The maximum absolute atomic E-state index is 12.1. The van der Waals surface area contributed by atoms with Crippen LogP contribution in [0.2, 0.25) is 0 Å². The van der Waals surface area contributed by atoms with Crippen LogP contribution in [-0.4, -0.2) is 51.1 Å². The summed E-state index contributed by atoms with van der Waals surface area (Å²) in [6.07, 6.45) is 0.315. The predicted molar refractivity (Wildman–Crippen MR) is 78.6 cm³/mol. The largest absolute Gasteiger partial charge is 0.452 e. The summed E-state index contributed by atoms with van der Waals surface area (Å²) >= 11 is 0. The van der Waals surface area contributed by atoms with Gasteiger partial charge in [0.15, 0.2) is 16.4 Å². The van der Waals surface area contributed by atoms with Crippen molar-refractivity contribution in [2.75, 3.05) is 18.1 Å². The zero-order chi connectivity index (χ0) is 17.7. The second-order valence-electron chi connectivity index (χ2n) is 5.15. The van der Waals surface area contributed by atoms with Crippen LogP contribution in [0, 0.1) is 0 Å². The van der Waals surface area contributed by atoms with E-state index >= 15 is 0 Å². The third-order valence-electron chi connectivity index (χ3n) is 3.23. The van der Waals surface area contributed by atoms with Gasteiger partial charge in [0.05, 0.1) is 17.1 Å². The van der Waals surface area contributed by atoms with E-state index in [0.717, 1.165) is 6.07 Å². The summed E-state index contributed by atoms with van der Waals surface area (Å²) in [4.78, 5) is 23.4. The van der Waals surface area contributed by atoms with E-state index in [1.165, 1.54) is 18.2 Å². The standard InChI is InChI=1S/C14H15F2NO6S/c15-14(16)23-11-3-1-2-9(6-11)13(19)22-7-12(18)17-10-4-5-24(20,21)8-10/h1-3,6,10,14H,4-5,7-8H2,(H,17,18). The van der Waals surface area contributed by atoms with Gasteiger partial charge in [0, 0.05) is 6.04 Å². The number of hydrogen-bond donors (Lipinski definition) is 1. The molecule has 10 heteroatoms. The van der Waals surface area contributed by atoms with E-state index in [1.807, 2.05) is 0 Å². The van der Waals surface area contributed by atoms with Crippen molar-refractivity contribution in [3.63, 3.8) is 0 Å². The molecule has 0 aliphatic carbocycles. The highest BCUT2D eigenvalue weighted by molar-refractivity contribution is 7.91. The smallest absolute Gasteiger partial charge is 0.387 e. The molecule has 24 heavy (non-hydrogen) atoms. The highest BCUT2D eigenvalue weighted by Gasteiger charge is 2.29. The van der Waals surface area contributed by atoms with Gasteiger partial charge in [0.2, 0.25) is 0 Å². The van der Waals surface area contributed by atoms with Gasteiger partial charge in [-0.05, 0) is 24.6 Å². The number of ether oxygens (including phenoxy) is 2. The monoisotopic (exact) mass is 363 g/mol. The zero-order valence-electron chi connectivity index (χ0n) is 12.4. The summed E-state index contributed by atoms with van der Waals surface area (Å²) in [6.45, 7) is -3.63. The first-order valence-corrected chi connectivity index (χ1v) is 8.79. The molecule has 0 bridgehead atoms. The topological polar surface area (TPSA) is 98.8 Å². The molecular weight excluding hydrogens is 348 g/mol. The number of halogens is 2. The number of carbonyl (C=O) groups excluding carboxylic acids is 2. The molecule has 132 valence electrons. The van der Waals surface area contributed by atoms with Gasteiger partial charge in [0.1, 0.15) is 5.75 Å². The molecular formula is C14H15F2NO6S. The van der Waals surface area contributed by atoms with Crippen molar-refractivity contribution in [3.8, 4) is 5.75 Å². The van der Waals surface area contributed by atoms with E-state index in [4.69, 9.17) is 4.74 Å². The van der Waals surface area contributed by atoms with E-state index in [1.54, 1.807) is 0 Å². The Balaban J connectivity index is 1.83. The summed E-state index contributed by atoms with van der Waals surface area (Å²) in [5, 5.41) is 2.46. The van der Waals surface area contributed by atoms with Gasteiger partial charge in [-0.1, -0.05) is 6.07 Å². The van der Waals surface area contributed by atoms with Gasteiger partial charge in [-0.3, -0.25) is 4.79 Å². The molecule has 0 radical (unpaired) electrons. The number of rotatable bonds is 6. The van der Waals surface area contributed by atoms with Crippen LogP contribution in [-0.2, 0) is 19.4 Å². The van der Waals surface area contributed by atoms with Gasteiger partial charge in [-0.2, -0.15) is 8.78 Å². The second-order valence-corrected chi connectivity index (χ2v) is 7.38. The molecule has 1 unspecified atom stereocenters. The van der Waals surface area contributed by atoms with Crippen LogP contribution in [0.25, 0.3) is 0 Å². The summed E-state index contributed by atoms with van der Waals surface area (Å²) in [6, 6.07) is 4.47. The lowest BCUT2D eigenvalue weighted by Crippen LogP contribution is -2.38. The third-order valence-corrected chi connectivity index (χ3v) is 4.99. The van der Waals surface area contributed by atoms with Crippen molar-refractivity contribution in [2.45, 2.75) is 19.1 Å². The molecule has 1 aliphatic heterocycles. The van der Waals surface area contributed by atoms with E-state index in [-0.39, 0.29) is 22.8 Å². The molecule has 7 nitrogen and oxygen atoms in total. The van der Waals surface area contributed by atoms with Gasteiger partial charge < -0.3 is 14.8 Å². The lowest BCUT2D eigenvalue weighted by molar-refractivity contribution is -0.124. The number of nitrogens with one attached hydrogen (secondary N) is 1. The molecule has 2 rings (SSSR count). The number of benzene rings is 1. The van der Waals surface area contributed by atoms with Crippen molar-refractivity contribution >= 4 is 21.7 Å². The van der Waals surface area contributed by atoms with Crippen LogP contribution in [0.5, 0.6) is 5.75 Å². The van der Waals surface area contributed by atoms with Crippen LogP contribution < -0.4 is 10.1 Å². The van der Waals surface area contributed by atoms with E-state index in [0.29, 0.717) is 6.42 Å². The summed E-state index contributed by atoms with van der Waals surface area (Å²) < 4.78 is 55.7. The average Bonchev–Trinajstić information content (AvgIpc) is 2.83. The fourth-order valence-electron chi connectivity index (χ4n) is 2.19. The van der Waals surface area contributed by atoms with Crippen LogP contribution in [0.15, 0.2) is 24.3 Å². The molecule has 1 saturated heterocycles. The molecule has 1 N–H and O–H groups in total. The molecule has 0 saturated carbocycles. The highest BCUT2D eigenvalue weighted by atomic mass is 32.2. The van der Waals surface area contributed by atoms with Crippen LogP contribution in [0.4, 0.5) is 8.78 Å². The van der Waals surface area contributed by atoms with Crippen LogP contribution in [0.3, 0.4) is 0 Å². The third kappa shape index (κ3) is 5.44. The number of carbonyl (C=O) groups is 2. The molecule has 1 aromatic rings. The Bertz CT molecular complexity index is 722. The maximum Gasteiger partial charge on any atom is 0.387 e. The first-order chi connectivity index (χ1) is 11.2. The molecule has 1 atom stereocenters. The van der Waals surface area contributed by atoms with Gasteiger partial charge in [0.25, 0.3) is 5.91 Å². The van der Waals surface area contributed by atoms with Crippen molar-refractivity contribution in [3.05, 3.63) is 29.8 Å². The fraction of sp³-hybridized carbons (Fsp3) is 0.429. The van der Waals surface area contributed by atoms with Gasteiger partial charge in [-0.25, -0.2) is 13.2 Å². The minimum atomic E-state index is -3.13. The van der Waals surface area contributed by atoms with E-state index < -0.39 is 41.0 Å². The molecule has 1 fully saturated rings. The van der Waals surface area contributed by atoms with Crippen molar-refractivity contribution < 1.29 is 36.3 Å². The second kappa shape index (κ2) is 7.56. The van der Waals surface area contributed by atoms with Gasteiger partial charge in [-0.15, -0.1) is 0 Å². The Morgan fingerprint density at radius 3 is 2.71 bits per heavy atom. The number of amides is 1. The SMILES string of the molecule is O=C(COC(=O)c1cccc(OC(F)F)c1)NC1CCS(=O)(=O)C1. The lowest BCUT2D eigenvalue weighted by Gasteiger charge is -2.11. The van der Waals surface area contributed by atoms with Crippen molar-refractivity contribution in [1.82, 2.24) is 5.32 Å². The summed E-state index contributed by atoms with van der Waals surface area (Å²) in [7, 11) is -3.13. The minimum Gasteiger partial charge on any atom is -0.452 e. The quantitative estimate of drug-likeness (QED) is 0.749. The molecule has 1 aliphatic rings. The lowest BCUT2D eigenvalue weighted by atomic mass is 10.2. The predicted octanol–water partition coefficient (Wildman–Crippen LogP) is 0.748. The Hall–Kier alpha value is -2.23. The molecule has 1 heterocycles. The first kappa shape index (κ1) is 18.1. The van der Waals surface area contributed by atoms with Crippen LogP contribution in [0.1, 0.15) is 16.8 Å². The summed E-state index contributed by atoms with van der Waals surface area (Å²) in [5.74, 6) is -1.86. The Morgan fingerprint density at radius 2 is 2.08 bits per heavy atom. The fourth-order valence-corrected chi connectivity index (χ4v) is 3.87. The Labute approximate surface area is 136 Å². The highest BCUT2D eigenvalue weighted by Crippen LogP contribution is 2.16. The Kier molecular flexibility index (Phi) is 5.71. The Morgan fingerprint density at radius 1 is 1.33 bits per heavy atom. The van der Waals surface area contributed by atoms with Crippen molar-refractivity contribution in [1.29, 1.82) is 0 Å². The number of esters is 1.